The Bertz CT molecular complexity index is 1250. The van der Waals surface area contributed by atoms with E-state index in [0.29, 0.717) is 24.5 Å². The first kappa shape index (κ1) is 27.8. The first-order valence-electron chi connectivity index (χ1n) is 13.2. The van der Waals surface area contributed by atoms with E-state index >= 15 is 0 Å². The third-order valence-electron chi connectivity index (χ3n) is 7.72. The zero-order valence-electron chi connectivity index (χ0n) is 21.8. The molecule has 4 rings (SSSR count). The molecule has 0 radical (unpaired) electrons. The number of halogens is 1. The Labute approximate surface area is 225 Å². The number of benzene rings is 2. The maximum absolute atomic E-state index is 13.5. The van der Waals surface area contributed by atoms with Crippen molar-refractivity contribution in [2.45, 2.75) is 69.5 Å². The maximum Gasteiger partial charge on any atom is 0.245 e. The number of carbonyl (C=O) groups excluding carboxylic acids is 2. The Hall–Kier alpha value is -2.20. The number of fused-ring (bicyclic) bond motifs is 1. The van der Waals surface area contributed by atoms with Gasteiger partial charge in [-0.2, -0.15) is 4.72 Å². The fourth-order valence-corrected chi connectivity index (χ4v) is 6.89. The lowest BCUT2D eigenvalue weighted by Crippen LogP contribution is -2.56. The molecule has 0 saturated carbocycles. The Morgan fingerprint density at radius 3 is 2.51 bits per heavy atom. The number of hydrogen-bond donors (Lipinski definition) is 1. The van der Waals surface area contributed by atoms with E-state index in [0.717, 1.165) is 49.7 Å². The molecule has 2 heterocycles. The lowest BCUT2D eigenvalue weighted by molar-refractivity contribution is -0.146. The summed E-state index contributed by atoms with van der Waals surface area (Å²) in [6, 6.07) is 8.64. The van der Waals surface area contributed by atoms with Crippen LogP contribution in [0.5, 0.6) is 0 Å². The number of likely N-dealkylation sites (tertiary alicyclic amines) is 2. The van der Waals surface area contributed by atoms with Crippen LogP contribution in [0.3, 0.4) is 0 Å². The minimum atomic E-state index is -3.93. The normalized spacial score (nSPS) is 21.7. The van der Waals surface area contributed by atoms with Crippen LogP contribution in [-0.2, 0) is 19.6 Å². The van der Waals surface area contributed by atoms with Crippen molar-refractivity contribution in [2.75, 3.05) is 32.7 Å². The molecular formula is C27H37ClN4O4S. The molecule has 2 amide bonds. The average molecular weight is 549 g/mol. The molecule has 0 aromatic heterocycles. The van der Waals surface area contributed by atoms with E-state index in [9.17, 15) is 18.0 Å². The van der Waals surface area contributed by atoms with Gasteiger partial charge in [0.15, 0.2) is 0 Å². The molecule has 0 aliphatic carbocycles. The summed E-state index contributed by atoms with van der Waals surface area (Å²) >= 11 is 6.03. The predicted molar refractivity (Wildman–Crippen MR) is 146 cm³/mol. The van der Waals surface area contributed by atoms with Crippen LogP contribution in [0.4, 0.5) is 0 Å². The Kier molecular flexibility index (Phi) is 8.78. The summed E-state index contributed by atoms with van der Waals surface area (Å²) in [5.74, 6) is -0.406. The SMILES string of the molecule is CCN(CC)CC1CCCCN1C(=O)[C@H](C)N1CCC(NS(=O)(=O)c2ccc3cc(Cl)ccc3c2)C1=O. The molecule has 2 unspecified atom stereocenters. The van der Waals surface area contributed by atoms with Gasteiger partial charge in [-0.05, 0) is 80.7 Å². The van der Waals surface area contributed by atoms with E-state index in [1.807, 2.05) is 4.90 Å². The minimum Gasteiger partial charge on any atom is -0.337 e. The van der Waals surface area contributed by atoms with Gasteiger partial charge in [-0.25, -0.2) is 8.42 Å². The largest absolute Gasteiger partial charge is 0.337 e. The molecule has 8 nitrogen and oxygen atoms in total. The summed E-state index contributed by atoms with van der Waals surface area (Å²) in [7, 11) is -3.93. The summed E-state index contributed by atoms with van der Waals surface area (Å²) in [5, 5.41) is 2.15. The van der Waals surface area contributed by atoms with Gasteiger partial charge in [-0.15, -0.1) is 0 Å². The van der Waals surface area contributed by atoms with Gasteiger partial charge in [0.1, 0.15) is 12.1 Å². The second-order valence-corrected chi connectivity index (χ2v) is 12.1. The first-order valence-corrected chi connectivity index (χ1v) is 15.1. The van der Waals surface area contributed by atoms with Crippen LogP contribution >= 0.6 is 11.6 Å². The zero-order chi connectivity index (χ0) is 26.7. The van der Waals surface area contributed by atoms with Crippen LogP contribution in [0.1, 0.15) is 46.5 Å². The lowest BCUT2D eigenvalue weighted by Gasteiger charge is -2.40. The molecule has 1 N–H and O–H groups in total. The molecule has 2 aromatic rings. The van der Waals surface area contributed by atoms with E-state index < -0.39 is 22.1 Å². The van der Waals surface area contributed by atoms with Gasteiger partial charge in [0.2, 0.25) is 21.8 Å². The highest BCUT2D eigenvalue weighted by atomic mass is 35.5. The molecule has 2 aliphatic heterocycles. The van der Waals surface area contributed by atoms with E-state index in [2.05, 4.69) is 23.5 Å². The van der Waals surface area contributed by atoms with Gasteiger partial charge >= 0.3 is 0 Å². The molecule has 10 heteroatoms. The van der Waals surface area contributed by atoms with Crippen molar-refractivity contribution in [2.24, 2.45) is 0 Å². The van der Waals surface area contributed by atoms with Gasteiger partial charge in [-0.3, -0.25) is 9.59 Å². The third-order valence-corrected chi connectivity index (χ3v) is 9.42. The second kappa shape index (κ2) is 11.7. The van der Waals surface area contributed by atoms with E-state index in [1.54, 1.807) is 37.3 Å². The van der Waals surface area contributed by atoms with Crippen LogP contribution in [0.2, 0.25) is 5.02 Å². The molecule has 0 spiro atoms. The second-order valence-electron chi connectivity index (χ2n) is 9.99. The van der Waals surface area contributed by atoms with Crippen molar-refractivity contribution in [3.05, 3.63) is 41.4 Å². The van der Waals surface area contributed by atoms with Crippen LogP contribution in [0.15, 0.2) is 41.3 Å². The van der Waals surface area contributed by atoms with E-state index in [-0.39, 0.29) is 22.8 Å². The summed E-state index contributed by atoms with van der Waals surface area (Å²) in [6.07, 6.45) is 3.34. The summed E-state index contributed by atoms with van der Waals surface area (Å²) < 4.78 is 28.8. The smallest absolute Gasteiger partial charge is 0.245 e. The average Bonchev–Trinajstić information content (AvgIpc) is 3.25. The van der Waals surface area contributed by atoms with Gasteiger partial charge in [-0.1, -0.05) is 37.6 Å². The van der Waals surface area contributed by atoms with Crippen molar-refractivity contribution >= 4 is 44.2 Å². The molecule has 3 atom stereocenters. The van der Waals surface area contributed by atoms with E-state index in [4.69, 9.17) is 11.6 Å². The Balaban J connectivity index is 1.44. The highest BCUT2D eigenvalue weighted by molar-refractivity contribution is 7.89. The van der Waals surface area contributed by atoms with Gasteiger partial charge in [0.25, 0.3) is 0 Å². The molecule has 0 bridgehead atoms. The number of amides is 2. The van der Waals surface area contributed by atoms with Crippen molar-refractivity contribution in [1.82, 2.24) is 19.4 Å². The first-order chi connectivity index (χ1) is 17.6. The minimum absolute atomic E-state index is 0.0538. The maximum atomic E-state index is 13.5. The fraction of sp³-hybridized carbons (Fsp3) is 0.556. The Morgan fingerprint density at radius 1 is 1.08 bits per heavy atom. The van der Waals surface area contributed by atoms with Crippen molar-refractivity contribution in [1.29, 1.82) is 0 Å². The van der Waals surface area contributed by atoms with Gasteiger partial charge < -0.3 is 14.7 Å². The molecule has 2 aromatic carbocycles. The monoisotopic (exact) mass is 548 g/mol. The molecule has 2 saturated heterocycles. The van der Waals surface area contributed by atoms with E-state index in [1.165, 1.54) is 11.0 Å². The van der Waals surface area contributed by atoms with Crippen LogP contribution < -0.4 is 4.72 Å². The van der Waals surface area contributed by atoms with Crippen molar-refractivity contribution < 1.29 is 18.0 Å². The quantitative estimate of drug-likeness (QED) is 0.518. The fourth-order valence-electron chi connectivity index (χ4n) is 5.45. The number of sulfonamides is 1. The Morgan fingerprint density at radius 2 is 1.78 bits per heavy atom. The summed E-state index contributed by atoms with van der Waals surface area (Å²) in [4.78, 5) is 32.7. The zero-order valence-corrected chi connectivity index (χ0v) is 23.4. The van der Waals surface area contributed by atoms with Gasteiger partial charge in [0, 0.05) is 30.7 Å². The molecule has 2 fully saturated rings. The third kappa shape index (κ3) is 6.11. The number of nitrogens with zero attached hydrogens (tertiary/aromatic N) is 3. The molecule has 202 valence electrons. The summed E-state index contributed by atoms with van der Waals surface area (Å²) in [6.45, 7) is 9.74. The van der Waals surface area contributed by atoms with Crippen LogP contribution in [0.25, 0.3) is 10.8 Å². The number of carbonyl (C=O) groups is 2. The lowest BCUT2D eigenvalue weighted by atomic mass is 10.00. The van der Waals surface area contributed by atoms with Crippen molar-refractivity contribution in [3.8, 4) is 0 Å². The highest BCUT2D eigenvalue weighted by Crippen LogP contribution is 2.25. The molecule has 2 aliphatic rings. The number of hydrogen-bond acceptors (Lipinski definition) is 5. The molecular weight excluding hydrogens is 512 g/mol. The highest BCUT2D eigenvalue weighted by Gasteiger charge is 2.41. The predicted octanol–water partition coefficient (Wildman–Crippen LogP) is 3.48. The number of nitrogens with one attached hydrogen (secondary N) is 1. The number of rotatable bonds is 9. The number of likely N-dealkylation sites (N-methyl/N-ethyl adjacent to an activating group) is 1. The standard InChI is InChI=1S/C27H37ClN4O4S/c1-4-30(5-2)18-23-8-6-7-14-32(23)26(33)19(3)31-15-13-25(27(31)34)29-37(35,36)24-12-10-20-16-22(28)11-9-21(20)17-24/h9-12,16-17,19,23,25,29H,4-8,13-15,18H2,1-3H3/t19-,23?,25?/m0/s1. The summed E-state index contributed by atoms with van der Waals surface area (Å²) in [5.41, 5.74) is 0. The topological polar surface area (TPSA) is 90.0 Å². The van der Waals surface area contributed by atoms with Gasteiger partial charge in [0.05, 0.1) is 4.90 Å². The molecule has 37 heavy (non-hydrogen) atoms. The van der Waals surface area contributed by atoms with Crippen LogP contribution in [0, 0.1) is 0 Å². The van der Waals surface area contributed by atoms with Crippen molar-refractivity contribution in [3.63, 3.8) is 0 Å². The van der Waals surface area contributed by atoms with Crippen LogP contribution in [-0.4, -0.2) is 85.8 Å². The number of piperidine rings is 1.